The van der Waals surface area contributed by atoms with E-state index in [1.165, 1.54) is 11.4 Å². The first-order valence-corrected chi connectivity index (χ1v) is 10.7. The summed E-state index contributed by atoms with van der Waals surface area (Å²) < 4.78 is 49.1. The van der Waals surface area contributed by atoms with Crippen molar-refractivity contribution in [2.75, 3.05) is 25.1 Å². The second kappa shape index (κ2) is 5.88. The Bertz CT molecular complexity index is 885. The monoisotopic (exact) mass is 357 g/mol. The van der Waals surface area contributed by atoms with Crippen LogP contribution in [0.3, 0.4) is 0 Å². The molecule has 1 unspecified atom stereocenters. The van der Waals surface area contributed by atoms with E-state index >= 15 is 0 Å². The highest BCUT2D eigenvalue weighted by Gasteiger charge is 2.39. The summed E-state index contributed by atoms with van der Waals surface area (Å²) in [5.74, 6) is 0.394. The van der Waals surface area contributed by atoms with Gasteiger partial charge >= 0.3 is 0 Å². The van der Waals surface area contributed by atoms with Crippen LogP contribution in [0.2, 0.25) is 0 Å². The lowest BCUT2D eigenvalue weighted by Crippen LogP contribution is -2.38. The Balaban J connectivity index is 1.67. The smallest absolute Gasteiger partial charge is 0.217 e. The van der Waals surface area contributed by atoms with Crippen molar-refractivity contribution in [1.82, 2.24) is 14.3 Å². The fraction of sp³-hybridized carbons (Fsp3) is 0.500. The van der Waals surface area contributed by atoms with Crippen LogP contribution >= 0.6 is 0 Å². The number of sulfone groups is 1. The lowest BCUT2D eigenvalue weighted by molar-refractivity contribution is 0.461. The minimum Gasteiger partial charge on any atom is -0.342 e. The number of hydrogen-bond acceptors (Lipinski definition) is 5. The van der Waals surface area contributed by atoms with E-state index in [2.05, 4.69) is 9.97 Å². The number of para-hydroxylation sites is 2. The van der Waals surface area contributed by atoms with Gasteiger partial charge in [0.25, 0.3) is 0 Å². The molecule has 1 fully saturated rings. The minimum atomic E-state index is -3.60. The van der Waals surface area contributed by atoms with Crippen LogP contribution in [0.1, 0.15) is 12.2 Å². The van der Waals surface area contributed by atoms with E-state index in [1.807, 2.05) is 24.3 Å². The van der Waals surface area contributed by atoms with Crippen molar-refractivity contribution in [3.05, 3.63) is 30.1 Å². The van der Waals surface area contributed by atoms with E-state index in [0.29, 0.717) is 12.2 Å². The molecule has 1 atom stereocenters. The Kier molecular flexibility index (Phi) is 4.19. The molecule has 1 aliphatic heterocycles. The number of aromatic amines is 1. The van der Waals surface area contributed by atoms with Crippen molar-refractivity contribution in [1.29, 1.82) is 0 Å². The Morgan fingerprint density at radius 1 is 1.35 bits per heavy atom. The van der Waals surface area contributed by atoms with Crippen LogP contribution in [0.4, 0.5) is 0 Å². The molecular formula is C14H19N3O4S2. The number of H-pyrrole nitrogens is 1. The minimum absolute atomic E-state index is 0.0473. The van der Waals surface area contributed by atoms with Gasteiger partial charge in [-0.25, -0.2) is 26.1 Å². The fourth-order valence-electron chi connectivity index (χ4n) is 2.76. The van der Waals surface area contributed by atoms with Gasteiger partial charge in [0, 0.05) is 20.0 Å². The van der Waals surface area contributed by atoms with Crippen molar-refractivity contribution in [2.24, 2.45) is 0 Å². The van der Waals surface area contributed by atoms with Crippen LogP contribution in [-0.2, 0) is 26.3 Å². The highest BCUT2D eigenvalue weighted by atomic mass is 32.2. The fourth-order valence-corrected chi connectivity index (χ4v) is 7.04. The maximum atomic E-state index is 12.4. The van der Waals surface area contributed by atoms with Crippen LogP contribution in [0.15, 0.2) is 24.3 Å². The van der Waals surface area contributed by atoms with E-state index < -0.39 is 25.1 Å². The molecular weight excluding hydrogens is 338 g/mol. The summed E-state index contributed by atoms with van der Waals surface area (Å²) in [5, 5.41) is -0.826. The molecule has 0 aliphatic carbocycles. The third-order valence-corrected chi connectivity index (χ3v) is 8.42. The summed E-state index contributed by atoms with van der Waals surface area (Å²) >= 11 is 0. The molecule has 1 aromatic heterocycles. The number of hydrogen-bond donors (Lipinski definition) is 1. The van der Waals surface area contributed by atoms with Gasteiger partial charge in [-0.05, 0) is 18.6 Å². The van der Waals surface area contributed by atoms with Crippen molar-refractivity contribution < 1.29 is 16.8 Å². The summed E-state index contributed by atoms with van der Waals surface area (Å²) in [6.45, 7) is 0.263. The quantitative estimate of drug-likeness (QED) is 0.842. The molecule has 1 aromatic carbocycles. The molecule has 126 valence electrons. The first kappa shape index (κ1) is 16.4. The van der Waals surface area contributed by atoms with Gasteiger partial charge in [0.2, 0.25) is 10.0 Å². The van der Waals surface area contributed by atoms with Crippen LogP contribution in [0, 0.1) is 0 Å². The second-order valence-corrected chi connectivity index (χ2v) is 10.4. The van der Waals surface area contributed by atoms with E-state index in [-0.39, 0.29) is 24.5 Å². The summed E-state index contributed by atoms with van der Waals surface area (Å²) in [6.07, 6.45) is 0.628. The molecule has 0 amide bonds. The van der Waals surface area contributed by atoms with E-state index in [4.69, 9.17) is 0 Å². The number of likely N-dealkylation sites (N-methyl/N-ethyl adjacent to an activating group) is 1. The van der Waals surface area contributed by atoms with Crippen molar-refractivity contribution in [2.45, 2.75) is 18.1 Å². The largest absolute Gasteiger partial charge is 0.342 e. The second-order valence-electron chi connectivity index (χ2n) is 5.84. The standard InChI is InChI=1S/C14H19N3O4S2/c1-17(23(20,21)11-7-9-22(18,19)10-11)8-6-14-15-12-4-2-3-5-13(12)16-14/h2-5,11H,6-10H2,1H3,(H,15,16). The van der Waals surface area contributed by atoms with Crippen LogP contribution in [0.25, 0.3) is 11.0 Å². The van der Waals surface area contributed by atoms with E-state index in [1.54, 1.807) is 0 Å². The topological polar surface area (TPSA) is 100 Å². The third kappa shape index (κ3) is 3.41. The van der Waals surface area contributed by atoms with Gasteiger partial charge in [-0.15, -0.1) is 0 Å². The van der Waals surface area contributed by atoms with Gasteiger partial charge in [-0.1, -0.05) is 12.1 Å². The average molecular weight is 357 g/mol. The first-order chi connectivity index (χ1) is 10.8. The number of nitrogens with zero attached hydrogens (tertiary/aromatic N) is 2. The van der Waals surface area contributed by atoms with Gasteiger partial charge in [0.05, 0.1) is 27.8 Å². The summed E-state index contributed by atoms with van der Waals surface area (Å²) in [4.78, 5) is 7.57. The zero-order valence-electron chi connectivity index (χ0n) is 12.8. The average Bonchev–Trinajstić information content (AvgIpc) is 3.07. The molecule has 0 bridgehead atoms. The number of benzene rings is 1. The SMILES string of the molecule is CN(CCc1nc2ccccc2[nH]1)S(=O)(=O)C1CCS(=O)(=O)C1. The number of imidazole rings is 1. The Morgan fingerprint density at radius 3 is 2.74 bits per heavy atom. The molecule has 1 aliphatic rings. The molecule has 9 heteroatoms. The number of sulfonamides is 1. The summed E-state index contributed by atoms with van der Waals surface area (Å²) in [7, 11) is -5.33. The zero-order valence-corrected chi connectivity index (χ0v) is 14.4. The van der Waals surface area contributed by atoms with Crippen LogP contribution in [0.5, 0.6) is 0 Å². The Morgan fingerprint density at radius 2 is 2.09 bits per heavy atom. The number of aromatic nitrogens is 2. The predicted octanol–water partition coefficient (Wildman–Crippen LogP) is 0.554. The number of fused-ring (bicyclic) bond motifs is 1. The van der Waals surface area contributed by atoms with E-state index in [0.717, 1.165) is 11.0 Å². The van der Waals surface area contributed by atoms with Gasteiger partial charge in [-0.2, -0.15) is 0 Å². The van der Waals surface area contributed by atoms with Crippen molar-refractivity contribution >= 4 is 30.9 Å². The molecule has 1 saturated heterocycles. The molecule has 0 spiro atoms. The molecule has 2 aromatic rings. The molecule has 3 rings (SSSR count). The highest BCUT2D eigenvalue weighted by molar-refractivity contribution is 7.95. The number of rotatable bonds is 5. The zero-order chi connectivity index (χ0) is 16.7. The molecule has 1 N–H and O–H groups in total. The molecule has 7 nitrogen and oxygen atoms in total. The van der Waals surface area contributed by atoms with Crippen molar-refractivity contribution in [3.8, 4) is 0 Å². The van der Waals surface area contributed by atoms with Gasteiger partial charge in [0.15, 0.2) is 9.84 Å². The molecule has 23 heavy (non-hydrogen) atoms. The summed E-state index contributed by atoms with van der Waals surface area (Å²) in [5.41, 5.74) is 1.75. The Labute approximate surface area is 135 Å². The maximum absolute atomic E-state index is 12.4. The third-order valence-electron chi connectivity index (χ3n) is 4.15. The number of nitrogens with one attached hydrogen (secondary N) is 1. The normalized spacial score (nSPS) is 21.2. The first-order valence-electron chi connectivity index (χ1n) is 7.37. The van der Waals surface area contributed by atoms with E-state index in [9.17, 15) is 16.8 Å². The molecule has 0 saturated carbocycles. The molecule has 0 radical (unpaired) electrons. The predicted molar refractivity (Wildman–Crippen MR) is 88.4 cm³/mol. The summed E-state index contributed by atoms with van der Waals surface area (Å²) in [6, 6.07) is 7.60. The molecule has 2 heterocycles. The lowest BCUT2D eigenvalue weighted by atomic mass is 10.3. The van der Waals surface area contributed by atoms with Gasteiger partial charge in [0.1, 0.15) is 5.82 Å². The van der Waals surface area contributed by atoms with Gasteiger partial charge < -0.3 is 4.98 Å². The van der Waals surface area contributed by atoms with Crippen LogP contribution in [-0.4, -0.2) is 61.5 Å². The highest BCUT2D eigenvalue weighted by Crippen LogP contribution is 2.21. The Hall–Kier alpha value is -1.45. The lowest BCUT2D eigenvalue weighted by Gasteiger charge is -2.20. The van der Waals surface area contributed by atoms with Gasteiger partial charge in [-0.3, -0.25) is 0 Å². The van der Waals surface area contributed by atoms with Crippen LogP contribution < -0.4 is 0 Å². The van der Waals surface area contributed by atoms with Crippen molar-refractivity contribution in [3.63, 3.8) is 0 Å². The maximum Gasteiger partial charge on any atom is 0.217 e.